The molecule has 1 aliphatic heterocycles. The zero-order valence-electron chi connectivity index (χ0n) is 14.8. The van der Waals surface area contributed by atoms with E-state index in [4.69, 9.17) is 0 Å². The predicted molar refractivity (Wildman–Crippen MR) is 101 cm³/mol. The van der Waals surface area contributed by atoms with E-state index in [1.807, 2.05) is 48.5 Å². The third kappa shape index (κ3) is 3.73. The fourth-order valence-corrected chi connectivity index (χ4v) is 3.30. The minimum atomic E-state index is -0.317. The molecule has 1 N–H and O–H groups in total. The standard InChI is InChI=1S/C21H24N2O2/c1-3-15-8-7-10-18(12-15)22-21(25)17-13-20(24)23(14-17)19-11-6-5-9-16(19)4-2/h5-12,17H,3-4,13-14H2,1-2H3,(H,22,25)/t17-/m0/s1. The van der Waals surface area contributed by atoms with Crippen LogP contribution in [0.15, 0.2) is 48.5 Å². The van der Waals surface area contributed by atoms with Gasteiger partial charge in [0.1, 0.15) is 0 Å². The molecule has 0 spiro atoms. The van der Waals surface area contributed by atoms with E-state index in [1.165, 1.54) is 5.56 Å². The number of anilines is 2. The molecule has 130 valence electrons. The van der Waals surface area contributed by atoms with Crippen LogP contribution in [0.1, 0.15) is 31.4 Å². The van der Waals surface area contributed by atoms with Crippen LogP contribution in [-0.2, 0) is 22.4 Å². The monoisotopic (exact) mass is 336 g/mol. The third-order valence-electron chi connectivity index (χ3n) is 4.76. The molecule has 2 aromatic rings. The highest BCUT2D eigenvalue weighted by Crippen LogP contribution is 2.29. The van der Waals surface area contributed by atoms with Crippen molar-refractivity contribution >= 4 is 23.2 Å². The van der Waals surface area contributed by atoms with Gasteiger partial charge >= 0.3 is 0 Å². The van der Waals surface area contributed by atoms with E-state index in [2.05, 4.69) is 19.2 Å². The van der Waals surface area contributed by atoms with Crippen LogP contribution in [-0.4, -0.2) is 18.4 Å². The van der Waals surface area contributed by atoms with Gasteiger partial charge in [-0.15, -0.1) is 0 Å². The Morgan fingerprint density at radius 3 is 2.68 bits per heavy atom. The molecule has 0 radical (unpaired) electrons. The molecular weight excluding hydrogens is 312 g/mol. The summed E-state index contributed by atoms with van der Waals surface area (Å²) >= 11 is 0. The van der Waals surface area contributed by atoms with E-state index >= 15 is 0 Å². The van der Waals surface area contributed by atoms with Crippen molar-refractivity contribution in [2.75, 3.05) is 16.8 Å². The molecule has 0 aromatic heterocycles. The summed E-state index contributed by atoms with van der Waals surface area (Å²) in [6, 6.07) is 15.8. The lowest BCUT2D eigenvalue weighted by Crippen LogP contribution is -2.28. The van der Waals surface area contributed by atoms with Crippen LogP contribution in [0.4, 0.5) is 11.4 Å². The molecule has 2 amide bonds. The molecule has 1 heterocycles. The number of hydrogen-bond donors (Lipinski definition) is 1. The fourth-order valence-electron chi connectivity index (χ4n) is 3.30. The number of benzene rings is 2. The summed E-state index contributed by atoms with van der Waals surface area (Å²) in [6.07, 6.45) is 2.05. The van der Waals surface area contributed by atoms with Crippen LogP contribution in [0.25, 0.3) is 0 Å². The van der Waals surface area contributed by atoms with Crippen LogP contribution >= 0.6 is 0 Å². The Morgan fingerprint density at radius 1 is 1.12 bits per heavy atom. The summed E-state index contributed by atoms with van der Waals surface area (Å²) in [5.41, 5.74) is 4.04. The van der Waals surface area contributed by atoms with Crippen molar-refractivity contribution in [1.29, 1.82) is 0 Å². The van der Waals surface area contributed by atoms with Gasteiger partial charge in [0.15, 0.2) is 0 Å². The second-order valence-corrected chi connectivity index (χ2v) is 6.43. The Kier molecular flexibility index (Phi) is 5.17. The molecule has 1 fully saturated rings. The number of nitrogens with one attached hydrogen (secondary N) is 1. The van der Waals surface area contributed by atoms with Crippen LogP contribution in [0.5, 0.6) is 0 Å². The molecule has 1 aliphatic rings. The number of amides is 2. The number of para-hydroxylation sites is 1. The molecule has 2 aromatic carbocycles. The Bertz CT molecular complexity index is 785. The SMILES string of the molecule is CCc1cccc(NC(=O)[C@H]2CC(=O)N(c3ccccc3CC)C2)c1. The summed E-state index contributed by atoms with van der Waals surface area (Å²) in [6.45, 7) is 4.60. The van der Waals surface area contributed by atoms with E-state index < -0.39 is 0 Å². The van der Waals surface area contributed by atoms with Crippen molar-refractivity contribution < 1.29 is 9.59 Å². The Hall–Kier alpha value is -2.62. The maximum atomic E-state index is 12.6. The van der Waals surface area contributed by atoms with Crippen molar-refractivity contribution in [3.05, 3.63) is 59.7 Å². The molecule has 0 bridgehead atoms. The number of rotatable bonds is 5. The van der Waals surface area contributed by atoms with Gasteiger partial charge in [0.25, 0.3) is 0 Å². The second-order valence-electron chi connectivity index (χ2n) is 6.43. The van der Waals surface area contributed by atoms with Gasteiger partial charge < -0.3 is 10.2 Å². The topological polar surface area (TPSA) is 49.4 Å². The van der Waals surface area contributed by atoms with Crippen LogP contribution in [0.2, 0.25) is 0 Å². The van der Waals surface area contributed by atoms with Gasteiger partial charge in [0.05, 0.1) is 5.92 Å². The summed E-state index contributed by atoms with van der Waals surface area (Å²) in [4.78, 5) is 26.8. The second kappa shape index (κ2) is 7.51. The van der Waals surface area contributed by atoms with E-state index in [9.17, 15) is 9.59 Å². The molecule has 25 heavy (non-hydrogen) atoms. The minimum absolute atomic E-state index is 0.0170. The van der Waals surface area contributed by atoms with Crippen LogP contribution < -0.4 is 10.2 Å². The molecule has 4 nitrogen and oxygen atoms in total. The Morgan fingerprint density at radius 2 is 1.92 bits per heavy atom. The number of carbonyl (C=O) groups excluding carboxylic acids is 2. The number of hydrogen-bond acceptors (Lipinski definition) is 2. The highest BCUT2D eigenvalue weighted by Gasteiger charge is 2.35. The van der Waals surface area contributed by atoms with Crippen molar-refractivity contribution in [3.63, 3.8) is 0 Å². The average molecular weight is 336 g/mol. The maximum absolute atomic E-state index is 12.6. The fraction of sp³-hybridized carbons (Fsp3) is 0.333. The molecule has 4 heteroatoms. The van der Waals surface area contributed by atoms with Gasteiger partial charge in [-0.25, -0.2) is 0 Å². The molecule has 0 unspecified atom stereocenters. The lowest BCUT2D eigenvalue weighted by atomic mass is 10.1. The number of aryl methyl sites for hydroxylation is 2. The summed E-state index contributed by atoms with van der Waals surface area (Å²) in [7, 11) is 0. The van der Waals surface area contributed by atoms with Gasteiger partial charge in [-0.2, -0.15) is 0 Å². The largest absolute Gasteiger partial charge is 0.326 e. The zero-order valence-corrected chi connectivity index (χ0v) is 14.8. The Balaban J connectivity index is 1.72. The average Bonchev–Trinajstić information content (AvgIpc) is 3.03. The summed E-state index contributed by atoms with van der Waals surface area (Å²) < 4.78 is 0. The molecular formula is C21H24N2O2. The first-order valence-electron chi connectivity index (χ1n) is 8.90. The van der Waals surface area contributed by atoms with Crippen molar-refractivity contribution in [2.45, 2.75) is 33.1 Å². The molecule has 0 saturated carbocycles. The van der Waals surface area contributed by atoms with Gasteiger partial charge in [0.2, 0.25) is 11.8 Å². The van der Waals surface area contributed by atoms with Gasteiger partial charge in [-0.3, -0.25) is 9.59 Å². The summed E-state index contributed by atoms with van der Waals surface area (Å²) in [5, 5.41) is 2.96. The van der Waals surface area contributed by atoms with Crippen molar-refractivity contribution in [1.82, 2.24) is 0 Å². The Labute approximate surface area is 148 Å². The zero-order chi connectivity index (χ0) is 17.8. The number of nitrogens with zero attached hydrogens (tertiary/aromatic N) is 1. The van der Waals surface area contributed by atoms with E-state index in [-0.39, 0.29) is 24.2 Å². The van der Waals surface area contributed by atoms with Crippen molar-refractivity contribution in [3.8, 4) is 0 Å². The first-order chi connectivity index (χ1) is 12.1. The van der Waals surface area contributed by atoms with Crippen LogP contribution in [0, 0.1) is 5.92 Å². The first kappa shape index (κ1) is 17.2. The quantitative estimate of drug-likeness (QED) is 0.903. The molecule has 1 saturated heterocycles. The smallest absolute Gasteiger partial charge is 0.229 e. The molecule has 0 aliphatic carbocycles. The highest BCUT2D eigenvalue weighted by molar-refractivity contribution is 6.03. The normalized spacial score (nSPS) is 17.0. The van der Waals surface area contributed by atoms with Crippen LogP contribution in [0.3, 0.4) is 0 Å². The lowest BCUT2D eigenvalue weighted by molar-refractivity contribution is -0.122. The highest BCUT2D eigenvalue weighted by atomic mass is 16.2. The van der Waals surface area contributed by atoms with Gasteiger partial charge in [-0.05, 0) is 42.2 Å². The van der Waals surface area contributed by atoms with E-state index in [1.54, 1.807) is 4.90 Å². The molecule has 1 atom stereocenters. The predicted octanol–water partition coefficient (Wildman–Crippen LogP) is 3.80. The minimum Gasteiger partial charge on any atom is -0.326 e. The number of carbonyl (C=O) groups is 2. The van der Waals surface area contributed by atoms with E-state index in [0.717, 1.165) is 29.8 Å². The first-order valence-corrected chi connectivity index (χ1v) is 8.90. The lowest BCUT2D eigenvalue weighted by Gasteiger charge is -2.20. The molecule has 3 rings (SSSR count). The maximum Gasteiger partial charge on any atom is 0.229 e. The van der Waals surface area contributed by atoms with Crippen molar-refractivity contribution in [2.24, 2.45) is 5.92 Å². The van der Waals surface area contributed by atoms with E-state index in [0.29, 0.717) is 6.54 Å². The van der Waals surface area contributed by atoms with Gasteiger partial charge in [-0.1, -0.05) is 44.2 Å². The van der Waals surface area contributed by atoms with Gasteiger partial charge in [0, 0.05) is 24.3 Å². The third-order valence-corrected chi connectivity index (χ3v) is 4.76. The summed E-state index contributed by atoms with van der Waals surface area (Å²) in [5.74, 6) is -0.385.